The van der Waals surface area contributed by atoms with Gasteiger partial charge in [0.25, 0.3) is 16.1 Å². The van der Waals surface area contributed by atoms with Gasteiger partial charge in [-0.05, 0) is 31.9 Å². The third kappa shape index (κ3) is 4.97. The minimum Gasteiger partial charge on any atom is -0.479 e. The Morgan fingerprint density at radius 2 is 1.54 bits per heavy atom. The SMILES string of the molecule is CC(Oc1ccccc1Cl)C(=O)N1CCN(S(=O)(=O)N2CCCCCC2)CC1. The van der Waals surface area contributed by atoms with E-state index >= 15 is 0 Å². The van der Waals surface area contributed by atoms with Crippen molar-refractivity contribution in [2.45, 2.75) is 38.7 Å². The molecule has 9 heteroatoms. The number of ether oxygens (including phenoxy) is 1. The van der Waals surface area contributed by atoms with E-state index in [0.717, 1.165) is 25.7 Å². The average Bonchev–Trinajstić information content (AvgIpc) is 2.99. The van der Waals surface area contributed by atoms with E-state index in [2.05, 4.69) is 0 Å². The molecule has 0 N–H and O–H groups in total. The molecule has 1 atom stereocenters. The molecule has 0 aromatic heterocycles. The molecule has 0 aliphatic carbocycles. The van der Waals surface area contributed by atoms with E-state index in [4.69, 9.17) is 16.3 Å². The Hall–Kier alpha value is -1.35. The lowest BCUT2D eigenvalue weighted by Crippen LogP contribution is -2.56. The standard InChI is InChI=1S/C19H28ClN3O4S/c1-16(27-18-9-5-4-8-17(18)20)19(24)21-12-14-23(15-13-21)28(25,26)22-10-6-2-3-7-11-22/h4-5,8-9,16H,2-3,6-7,10-15H2,1H3. The second-order valence-electron chi connectivity index (χ2n) is 7.24. The predicted octanol–water partition coefficient (Wildman–Crippen LogP) is 2.37. The van der Waals surface area contributed by atoms with Crippen LogP contribution in [0, 0.1) is 0 Å². The van der Waals surface area contributed by atoms with Crippen molar-refractivity contribution >= 4 is 27.7 Å². The first-order valence-electron chi connectivity index (χ1n) is 9.85. The first-order valence-corrected chi connectivity index (χ1v) is 11.6. The van der Waals surface area contributed by atoms with Crippen LogP contribution in [0.3, 0.4) is 0 Å². The summed E-state index contributed by atoms with van der Waals surface area (Å²) in [6, 6.07) is 7.02. The van der Waals surface area contributed by atoms with Crippen LogP contribution in [0.5, 0.6) is 5.75 Å². The normalized spacial score (nSPS) is 21.1. The summed E-state index contributed by atoms with van der Waals surface area (Å²) < 4.78 is 34.6. The molecule has 3 rings (SSSR count). The van der Waals surface area contributed by atoms with Crippen LogP contribution in [0.1, 0.15) is 32.6 Å². The molecule has 7 nitrogen and oxygen atoms in total. The fourth-order valence-electron chi connectivity index (χ4n) is 3.61. The summed E-state index contributed by atoms with van der Waals surface area (Å²) in [4.78, 5) is 14.4. The van der Waals surface area contributed by atoms with Crippen molar-refractivity contribution in [3.05, 3.63) is 29.3 Å². The van der Waals surface area contributed by atoms with Gasteiger partial charge in [0.05, 0.1) is 5.02 Å². The number of benzene rings is 1. The molecule has 0 spiro atoms. The highest BCUT2D eigenvalue weighted by Crippen LogP contribution is 2.25. The van der Waals surface area contributed by atoms with Crippen molar-refractivity contribution in [2.24, 2.45) is 0 Å². The summed E-state index contributed by atoms with van der Waals surface area (Å²) in [7, 11) is -3.45. The summed E-state index contributed by atoms with van der Waals surface area (Å²) >= 11 is 6.09. The van der Waals surface area contributed by atoms with Crippen LogP contribution in [0.4, 0.5) is 0 Å². The van der Waals surface area contributed by atoms with Gasteiger partial charge < -0.3 is 9.64 Å². The van der Waals surface area contributed by atoms with Crippen LogP contribution in [0.25, 0.3) is 0 Å². The maximum atomic E-state index is 12.9. The molecule has 1 amide bonds. The number of carbonyl (C=O) groups excluding carboxylic acids is 1. The third-order valence-electron chi connectivity index (χ3n) is 5.26. The van der Waals surface area contributed by atoms with Crippen LogP contribution < -0.4 is 4.74 Å². The van der Waals surface area contributed by atoms with Crippen molar-refractivity contribution in [1.29, 1.82) is 0 Å². The zero-order valence-corrected chi connectivity index (χ0v) is 17.8. The minimum atomic E-state index is -3.45. The quantitative estimate of drug-likeness (QED) is 0.720. The van der Waals surface area contributed by atoms with Crippen molar-refractivity contribution in [2.75, 3.05) is 39.3 Å². The van der Waals surface area contributed by atoms with E-state index < -0.39 is 16.3 Å². The second-order valence-corrected chi connectivity index (χ2v) is 9.57. The van der Waals surface area contributed by atoms with Crippen molar-refractivity contribution in [3.8, 4) is 5.75 Å². The summed E-state index contributed by atoms with van der Waals surface area (Å²) in [5.74, 6) is 0.305. The first-order chi connectivity index (χ1) is 13.4. The molecular formula is C19H28ClN3O4S. The molecule has 0 saturated carbocycles. The molecule has 156 valence electrons. The lowest BCUT2D eigenvalue weighted by molar-refractivity contribution is -0.139. The lowest BCUT2D eigenvalue weighted by atomic mass is 10.2. The minimum absolute atomic E-state index is 0.160. The fourth-order valence-corrected chi connectivity index (χ4v) is 5.46. The van der Waals surface area contributed by atoms with Crippen LogP contribution in [-0.4, -0.2) is 73.2 Å². The Kier molecular flexibility index (Phi) is 7.20. The largest absolute Gasteiger partial charge is 0.479 e. The molecule has 1 unspecified atom stereocenters. The van der Waals surface area contributed by atoms with Gasteiger partial charge in [-0.2, -0.15) is 17.0 Å². The van der Waals surface area contributed by atoms with Crippen molar-refractivity contribution in [1.82, 2.24) is 13.5 Å². The Labute approximate surface area is 172 Å². The van der Waals surface area contributed by atoms with Crippen LogP contribution in [0.15, 0.2) is 24.3 Å². The van der Waals surface area contributed by atoms with E-state index in [1.54, 1.807) is 40.4 Å². The number of carbonyl (C=O) groups is 1. The number of amides is 1. The highest BCUT2D eigenvalue weighted by molar-refractivity contribution is 7.86. The smallest absolute Gasteiger partial charge is 0.282 e. The van der Waals surface area contributed by atoms with Gasteiger partial charge in [-0.15, -0.1) is 0 Å². The Balaban J connectivity index is 1.55. The summed E-state index contributed by atoms with van der Waals surface area (Å²) in [6.45, 7) is 4.21. The molecule has 0 radical (unpaired) electrons. The molecular weight excluding hydrogens is 402 g/mol. The van der Waals surface area contributed by atoms with E-state index in [1.807, 2.05) is 0 Å². The van der Waals surface area contributed by atoms with Gasteiger partial charge in [-0.3, -0.25) is 4.79 Å². The Morgan fingerprint density at radius 3 is 2.14 bits per heavy atom. The summed E-state index contributed by atoms with van der Waals surface area (Å²) in [5.41, 5.74) is 0. The molecule has 2 saturated heterocycles. The summed E-state index contributed by atoms with van der Waals surface area (Å²) in [6.07, 6.45) is 3.30. The first kappa shape index (κ1) is 21.4. The monoisotopic (exact) mass is 429 g/mol. The van der Waals surface area contributed by atoms with Gasteiger partial charge >= 0.3 is 0 Å². The van der Waals surface area contributed by atoms with Gasteiger partial charge in [0.15, 0.2) is 6.10 Å². The summed E-state index contributed by atoms with van der Waals surface area (Å²) in [5, 5.41) is 0.454. The number of rotatable bonds is 5. The van der Waals surface area contributed by atoms with Crippen LogP contribution >= 0.6 is 11.6 Å². The maximum Gasteiger partial charge on any atom is 0.282 e. The van der Waals surface area contributed by atoms with E-state index in [1.165, 1.54) is 4.31 Å². The van der Waals surface area contributed by atoms with Gasteiger partial charge in [0, 0.05) is 39.3 Å². The highest BCUT2D eigenvalue weighted by Gasteiger charge is 2.34. The molecule has 2 aliphatic rings. The zero-order valence-electron chi connectivity index (χ0n) is 16.2. The van der Waals surface area contributed by atoms with E-state index in [-0.39, 0.29) is 5.91 Å². The van der Waals surface area contributed by atoms with Gasteiger partial charge in [-0.1, -0.05) is 36.6 Å². The topological polar surface area (TPSA) is 70.2 Å². The maximum absolute atomic E-state index is 12.9. The predicted molar refractivity (Wildman–Crippen MR) is 109 cm³/mol. The molecule has 1 aromatic carbocycles. The lowest BCUT2D eigenvalue weighted by Gasteiger charge is -2.37. The number of hydrogen-bond acceptors (Lipinski definition) is 4. The third-order valence-corrected chi connectivity index (χ3v) is 7.60. The number of nitrogens with zero attached hydrogens (tertiary/aromatic N) is 3. The van der Waals surface area contributed by atoms with Gasteiger partial charge in [0.1, 0.15) is 5.75 Å². The van der Waals surface area contributed by atoms with Gasteiger partial charge in [-0.25, -0.2) is 0 Å². The van der Waals surface area contributed by atoms with Crippen molar-refractivity contribution in [3.63, 3.8) is 0 Å². The Morgan fingerprint density at radius 1 is 0.964 bits per heavy atom. The molecule has 28 heavy (non-hydrogen) atoms. The molecule has 2 fully saturated rings. The van der Waals surface area contributed by atoms with Gasteiger partial charge in [0.2, 0.25) is 0 Å². The number of piperazine rings is 1. The number of hydrogen-bond donors (Lipinski definition) is 0. The Bertz CT molecular complexity index is 773. The number of para-hydroxylation sites is 1. The van der Waals surface area contributed by atoms with Crippen LogP contribution in [-0.2, 0) is 15.0 Å². The molecule has 0 bridgehead atoms. The molecule has 2 heterocycles. The zero-order chi connectivity index (χ0) is 20.1. The average molecular weight is 430 g/mol. The fraction of sp³-hybridized carbons (Fsp3) is 0.632. The van der Waals surface area contributed by atoms with E-state index in [9.17, 15) is 13.2 Å². The van der Waals surface area contributed by atoms with Crippen molar-refractivity contribution < 1.29 is 17.9 Å². The van der Waals surface area contributed by atoms with E-state index in [0.29, 0.717) is 50.0 Å². The second kappa shape index (κ2) is 9.43. The molecule has 2 aliphatic heterocycles. The highest BCUT2D eigenvalue weighted by atomic mass is 35.5. The van der Waals surface area contributed by atoms with Crippen LogP contribution in [0.2, 0.25) is 5.02 Å². The number of halogens is 1. The molecule has 1 aromatic rings.